The van der Waals surface area contributed by atoms with Crippen molar-refractivity contribution >= 4 is 29.1 Å². The second-order valence-electron chi connectivity index (χ2n) is 4.45. The Morgan fingerprint density at radius 3 is 2.60 bits per heavy atom. The Balaban J connectivity index is 2.83. The van der Waals surface area contributed by atoms with E-state index in [2.05, 4.69) is 5.32 Å². The molecule has 1 aromatic carbocycles. The summed E-state index contributed by atoms with van der Waals surface area (Å²) in [6, 6.07) is 3.90. The molecule has 0 radical (unpaired) electrons. The number of rotatable bonds is 5. The maximum Gasteiger partial charge on any atom is 0.254 e. The Kier molecular flexibility index (Phi) is 5.94. The van der Waals surface area contributed by atoms with Gasteiger partial charge in [0, 0.05) is 26.9 Å². The molecule has 110 valence electrons. The fourth-order valence-electron chi connectivity index (χ4n) is 1.50. The molecule has 0 aromatic heterocycles. The highest BCUT2D eigenvalue weighted by Gasteiger charge is 2.16. The molecule has 0 saturated heterocycles. The maximum atomic E-state index is 11.8. The molecule has 0 aliphatic carbocycles. The van der Waals surface area contributed by atoms with Crippen LogP contribution in [0, 0.1) is 0 Å². The smallest absolute Gasteiger partial charge is 0.254 e. The SMILES string of the molecule is COCC(N)C(=O)Nc1ccc(C(=O)N(C)C)c(Cl)c1. The van der Waals surface area contributed by atoms with Gasteiger partial charge in [-0.2, -0.15) is 0 Å². The van der Waals surface area contributed by atoms with Gasteiger partial charge < -0.3 is 20.7 Å². The number of ether oxygens (including phenoxy) is 1. The Morgan fingerprint density at radius 2 is 2.10 bits per heavy atom. The molecule has 2 amide bonds. The van der Waals surface area contributed by atoms with Crippen molar-refractivity contribution in [2.45, 2.75) is 6.04 Å². The molecule has 20 heavy (non-hydrogen) atoms. The lowest BCUT2D eigenvalue weighted by atomic mass is 10.1. The number of benzene rings is 1. The van der Waals surface area contributed by atoms with E-state index >= 15 is 0 Å². The van der Waals surface area contributed by atoms with Crippen molar-refractivity contribution in [3.8, 4) is 0 Å². The molecular weight excluding hydrogens is 282 g/mol. The summed E-state index contributed by atoms with van der Waals surface area (Å²) in [4.78, 5) is 24.9. The van der Waals surface area contributed by atoms with E-state index in [9.17, 15) is 9.59 Å². The van der Waals surface area contributed by atoms with Gasteiger partial charge in [-0.1, -0.05) is 11.6 Å². The van der Waals surface area contributed by atoms with Crippen molar-refractivity contribution in [2.75, 3.05) is 33.1 Å². The molecule has 6 nitrogen and oxygen atoms in total. The summed E-state index contributed by atoms with van der Waals surface area (Å²) in [6.07, 6.45) is 0. The number of carbonyl (C=O) groups is 2. The Bertz CT molecular complexity index is 506. The van der Waals surface area contributed by atoms with E-state index in [1.807, 2.05) is 0 Å². The predicted molar refractivity (Wildman–Crippen MR) is 78.0 cm³/mol. The highest BCUT2D eigenvalue weighted by molar-refractivity contribution is 6.34. The summed E-state index contributed by atoms with van der Waals surface area (Å²) >= 11 is 6.04. The second kappa shape index (κ2) is 7.23. The lowest BCUT2D eigenvalue weighted by Crippen LogP contribution is -2.39. The van der Waals surface area contributed by atoms with Crippen molar-refractivity contribution in [3.05, 3.63) is 28.8 Å². The van der Waals surface area contributed by atoms with Crippen LogP contribution in [-0.2, 0) is 9.53 Å². The van der Waals surface area contributed by atoms with E-state index < -0.39 is 6.04 Å². The molecule has 0 fully saturated rings. The molecule has 7 heteroatoms. The average Bonchev–Trinajstić information content (AvgIpc) is 2.38. The Morgan fingerprint density at radius 1 is 1.45 bits per heavy atom. The fraction of sp³-hybridized carbons (Fsp3) is 0.385. The van der Waals surface area contributed by atoms with Crippen molar-refractivity contribution < 1.29 is 14.3 Å². The third-order valence-electron chi connectivity index (χ3n) is 2.56. The zero-order valence-corrected chi connectivity index (χ0v) is 12.4. The monoisotopic (exact) mass is 299 g/mol. The van der Waals surface area contributed by atoms with Crippen LogP contribution < -0.4 is 11.1 Å². The van der Waals surface area contributed by atoms with Crippen LogP contribution in [0.3, 0.4) is 0 Å². The van der Waals surface area contributed by atoms with Gasteiger partial charge in [0.05, 0.1) is 17.2 Å². The van der Waals surface area contributed by atoms with Crippen molar-refractivity contribution in [1.82, 2.24) is 4.90 Å². The summed E-state index contributed by atoms with van der Waals surface area (Å²) < 4.78 is 4.80. The van der Waals surface area contributed by atoms with E-state index in [1.54, 1.807) is 26.2 Å². The third-order valence-corrected chi connectivity index (χ3v) is 2.87. The van der Waals surface area contributed by atoms with Crippen molar-refractivity contribution in [3.63, 3.8) is 0 Å². The van der Waals surface area contributed by atoms with Gasteiger partial charge in [-0.3, -0.25) is 9.59 Å². The normalized spacial score (nSPS) is 11.8. The highest BCUT2D eigenvalue weighted by atomic mass is 35.5. The molecule has 0 aliphatic heterocycles. The van der Waals surface area contributed by atoms with E-state index in [1.165, 1.54) is 18.1 Å². The van der Waals surface area contributed by atoms with Crippen molar-refractivity contribution in [1.29, 1.82) is 0 Å². The lowest BCUT2D eigenvalue weighted by molar-refractivity contribution is -0.118. The van der Waals surface area contributed by atoms with Gasteiger partial charge >= 0.3 is 0 Å². The minimum absolute atomic E-state index is 0.122. The molecule has 0 bridgehead atoms. The first kappa shape index (κ1) is 16.4. The molecule has 1 unspecified atom stereocenters. The molecule has 1 aromatic rings. The van der Waals surface area contributed by atoms with Gasteiger partial charge in [0.1, 0.15) is 6.04 Å². The van der Waals surface area contributed by atoms with Gasteiger partial charge in [0.2, 0.25) is 5.91 Å². The van der Waals surface area contributed by atoms with Gasteiger partial charge in [-0.05, 0) is 18.2 Å². The number of methoxy groups -OCH3 is 1. The van der Waals surface area contributed by atoms with Crippen LogP contribution in [0.5, 0.6) is 0 Å². The van der Waals surface area contributed by atoms with E-state index in [-0.39, 0.29) is 23.4 Å². The number of amides is 2. The van der Waals surface area contributed by atoms with Crippen LogP contribution >= 0.6 is 11.6 Å². The number of halogens is 1. The molecular formula is C13H18ClN3O3. The zero-order valence-electron chi connectivity index (χ0n) is 11.6. The molecule has 3 N–H and O–H groups in total. The molecule has 1 rings (SSSR count). The quantitative estimate of drug-likeness (QED) is 0.848. The molecule has 1 atom stereocenters. The molecule has 0 heterocycles. The van der Waals surface area contributed by atoms with Crippen molar-refractivity contribution in [2.24, 2.45) is 5.73 Å². The number of nitrogens with zero attached hydrogens (tertiary/aromatic N) is 1. The minimum atomic E-state index is -0.762. The first-order chi connectivity index (χ1) is 9.36. The summed E-state index contributed by atoms with van der Waals surface area (Å²) in [5.74, 6) is -0.585. The summed E-state index contributed by atoms with van der Waals surface area (Å²) in [5, 5.41) is 2.87. The number of hydrogen-bond acceptors (Lipinski definition) is 4. The van der Waals surface area contributed by atoms with Gasteiger partial charge in [0.25, 0.3) is 5.91 Å². The number of anilines is 1. The van der Waals surface area contributed by atoms with Crippen LogP contribution in [0.4, 0.5) is 5.69 Å². The standard InChI is InChI=1S/C13H18ClN3O3/c1-17(2)13(19)9-5-4-8(6-10(9)14)16-12(18)11(15)7-20-3/h4-6,11H,7,15H2,1-3H3,(H,16,18). The van der Waals surface area contributed by atoms with Gasteiger partial charge in [-0.25, -0.2) is 0 Å². The zero-order chi connectivity index (χ0) is 15.3. The van der Waals surface area contributed by atoms with Crippen LogP contribution in [0.2, 0.25) is 5.02 Å². The van der Waals surface area contributed by atoms with E-state index in [4.69, 9.17) is 22.1 Å². The number of nitrogens with one attached hydrogen (secondary N) is 1. The number of carbonyl (C=O) groups excluding carboxylic acids is 2. The summed E-state index contributed by atoms with van der Waals surface area (Å²) in [7, 11) is 4.74. The van der Waals surface area contributed by atoms with Crippen LogP contribution in [-0.4, -0.2) is 50.6 Å². The summed E-state index contributed by atoms with van der Waals surface area (Å²) in [5.41, 5.74) is 6.45. The first-order valence-electron chi connectivity index (χ1n) is 5.93. The second-order valence-corrected chi connectivity index (χ2v) is 4.85. The Hall–Kier alpha value is -1.63. The van der Waals surface area contributed by atoms with Crippen LogP contribution in [0.25, 0.3) is 0 Å². The van der Waals surface area contributed by atoms with E-state index in [0.29, 0.717) is 11.3 Å². The van der Waals surface area contributed by atoms with E-state index in [0.717, 1.165) is 0 Å². The highest BCUT2D eigenvalue weighted by Crippen LogP contribution is 2.22. The lowest BCUT2D eigenvalue weighted by Gasteiger charge is -2.14. The van der Waals surface area contributed by atoms with Gasteiger partial charge in [0.15, 0.2) is 0 Å². The number of nitrogens with two attached hydrogens (primary N) is 1. The summed E-state index contributed by atoms with van der Waals surface area (Å²) in [6.45, 7) is 0.122. The maximum absolute atomic E-state index is 11.8. The largest absolute Gasteiger partial charge is 0.383 e. The molecule has 0 spiro atoms. The fourth-order valence-corrected chi connectivity index (χ4v) is 1.76. The first-order valence-corrected chi connectivity index (χ1v) is 6.31. The molecule has 0 saturated carbocycles. The molecule has 0 aliphatic rings. The topological polar surface area (TPSA) is 84.7 Å². The van der Waals surface area contributed by atoms with Crippen LogP contribution in [0.15, 0.2) is 18.2 Å². The Labute approximate surface area is 122 Å². The van der Waals surface area contributed by atoms with Gasteiger partial charge in [-0.15, -0.1) is 0 Å². The van der Waals surface area contributed by atoms with Crippen LogP contribution in [0.1, 0.15) is 10.4 Å². The minimum Gasteiger partial charge on any atom is -0.383 e. The predicted octanol–water partition coefficient (Wildman–Crippen LogP) is 0.954. The average molecular weight is 300 g/mol. The third kappa shape index (κ3) is 4.19. The number of hydrogen-bond donors (Lipinski definition) is 2.